The number of furan rings is 1. The van der Waals surface area contributed by atoms with Gasteiger partial charge in [-0.3, -0.25) is 15.6 Å². The van der Waals surface area contributed by atoms with Crippen molar-refractivity contribution in [3.8, 4) is 0 Å². The summed E-state index contributed by atoms with van der Waals surface area (Å²) in [6, 6.07) is 13.6. The molecule has 0 atom stereocenters. The minimum Gasteiger partial charge on any atom is -0.451 e. The molecule has 0 fully saturated rings. The molecule has 0 aliphatic rings. The maximum atomic E-state index is 12.3. The molecule has 6 heteroatoms. The summed E-state index contributed by atoms with van der Waals surface area (Å²) in [6.07, 6.45) is 0. The van der Waals surface area contributed by atoms with E-state index in [4.69, 9.17) is 16.6 Å². The van der Waals surface area contributed by atoms with E-state index < -0.39 is 0 Å². The fraction of sp³-hybridized carbons (Fsp3) is 0.158. The Balaban J connectivity index is 1.65. The Morgan fingerprint density at radius 3 is 2.36 bits per heavy atom. The van der Waals surface area contributed by atoms with Gasteiger partial charge in [0.05, 0.1) is 0 Å². The van der Waals surface area contributed by atoms with Crippen molar-refractivity contribution in [2.24, 2.45) is 0 Å². The van der Waals surface area contributed by atoms with Crippen molar-refractivity contribution in [1.29, 1.82) is 0 Å². The van der Waals surface area contributed by atoms with Crippen LogP contribution in [0.4, 0.5) is 5.69 Å². The van der Waals surface area contributed by atoms with Gasteiger partial charge in [0.15, 0.2) is 10.9 Å². The number of nitrogens with one attached hydrogen (secondary N) is 3. The Labute approximate surface area is 151 Å². The molecule has 0 bridgehead atoms. The number of carbonyl (C=O) groups excluding carboxylic acids is 1. The second-order valence-corrected chi connectivity index (χ2v) is 6.37. The minimum atomic E-state index is -0.377. The van der Waals surface area contributed by atoms with Crippen LogP contribution in [0.1, 0.15) is 27.2 Å². The Morgan fingerprint density at radius 1 is 1.00 bits per heavy atom. The molecule has 3 rings (SSSR count). The molecule has 0 spiro atoms. The van der Waals surface area contributed by atoms with Gasteiger partial charge in [-0.05, 0) is 62.3 Å². The first-order valence-corrected chi connectivity index (χ1v) is 8.28. The third kappa shape index (κ3) is 3.80. The number of aryl methyl sites for hydroxylation is 3. The van der Waals surface area contributed by atoms with Crippen LogP contribution in [0.2, 0.25) is 0 Å². The van der Waals surface area contributed by atoms with E-state index in [2.05, 4.69) is 22.2 Å². The SMILES string of the molecule is Cc1cc(C)cc(NC(=S)NNC(=O)c2oc3ccccc3c2C)c1. The van der Waals surface area contributed by atoms with E-state index in [1.165, 1.54) is 0 Å². The zero-order valence-corrected chi connectivity index (χ0v) is 15.1. The first-order valence-electron chi connectivity index (χ1n) is 7.88. The molecule has 128 valence electrons. The number of benzene rings is 2. The largest absolute Gasteiger partial charge is 0.451 e. The molecule has 3 aromatic rings. The number of anilines is 1. The van der Waals surface area contributed by atoms with Crippen molar-refractivity contribution in [3.05, 3.63) is 64.9 Å². The van der Waals surface area contributed by atoms with Crippen molar-refractivity contribution < 1.29 is 9.21 Å². The molecule has 0 aliphatic carbocycles. The molecule has 0 unspecified atom stereocenters. The second-order valence-electron chi connectivity index (χ2n) is 5.96. The van der Waals surface area contributed by atoms with Crippen molar-refractivity contribution in [2.45, 2.75) is 20.8 Å². The van der Waals surface area contributed by atoms with E-state index in [1.54, 1.807) is 0 Å². The van der Waals surface area contributed by atoms with E-state index in [9.17, 15) is 4.79 Å². The maximum absolute atomic E-state index is 12.3. The zero-order valence-electron chi connectivity index (χ0n) is 14.3. The highest BCUT2D eigenvalue weighted by molar-refractivity contribution is 7.80. The van der Waals surface area contributed by atoms with Gasteiger partial charge < -0.3 is 9.73 Å². The van der Waals surface area contributed by atoms with Gasteiger partial charge in [-0.15, -0.1) is 0 Å². The number of amides is 1. The Kier molecular flexibility index (Phi) is 4.72. The molecule has 1 aromatic heterocycles. The topological polar surface area (TPSA) is 66.3 Å². The quantitative estimate of drug-likeness (QED) is 0.480. The van der Waals surface area contributed by atoms with Crippen LogP contribution in [0.3, 0.4) is 0 Å². The molecule has 0 saturated carbocycles. The van der Waals surface area contributed by atoms with Crippen molar-refractivity contribution in [3.63, 3.8) is 0 Å². The summed E-state index contributed by atoms with van der Waals surface area (Å²) < 4.78 is 5.63. The molecule has 1 amide bonds. The lowest BCUT2D eigenvalue weighted by molar-refractivity contribution is 0.0917. The van der Waals surface area contributed by atoms with Gasteiger partial charge >= 0.3 is 5.91 Å². The van der Waals surface area contributed by atoms with Crippen LogP contribution in [-0.4, -0.2) is 11.0 Å². The minimum absolute atomic E-state index is 0.267. The molecular formula is C19H19N3O2S. The summed E-state index contributed by atoms with van der Waals surface area (Å²) in [5, 5.41) is 4.26. The lowest BCUT2D eigenvalue weighted by atomic mass is 10.1. The number of hydrazine groups is 1. The van der Waals surface area contributed by atoms with Crippen LogP contribution in [0, 0.1) is 20.8 Å². The third-order valence-corrected chi connectivity index (χ3v) is 4.02. The van der Waals surface area contributed by atoms with Crippen molar-refractivity contribution >= 4 is 39.9 Å². The van der Waals surface area contributed by atoms with Crippen LogP contribution >= 0.6 is 12.2 Å². The van der Waals surface area contributed by atoms with Gasteiger partial charge in [0.25, 0.3) is 0 Å². The molecule has 2 aromatic carbocycles. The molecule has 25 heavy (non-hydrogen) atoms. The predicted molar refractivity (Wildman–Crippen MR) is 104 cm³/mol. The molecule has 5 nitrogen and oxygen atoms in total. The van der Waals surface area contributed by atoms with Crippen LogP contribution in [-0.2, 0) is 0 Å². The fourth-order valence-corrected chi connectivity index (χ4v) is 2.94. The van der Waals surface area contributed by atoms with Gasteiger partial charge in [-0.2, -0.15) is 0 Å². The summed E-state index contributed by atoms with van der Waals surface area (Å²) >= 11 is 5.22. The zero-order chi connectivity index (χ0) is 18.0. The van der Waals surface area contributed by atoms with Crippen LogP contribution in [0.5, 0.6) is 0 Å². The Morgan fingerprint density at radius 2 is 1.68 bits per heavy atom. The Bertz CT molecular complexity index is 942. The van der Waals surface area contributed by atoms with Gasteiger partial charge in [-0.25, -0.2) is 0 Å². The fourth-order valence-electron chi connectivity index (χ4n) is 2.77. The first-order chi connectivity index (χ1) is 11.9. The summed E-state index contributed by atoms with van der Waals surface area (Å²) in [7, 11) is 0. The lowest BCUT2D eigenvalue weighted by Gasteiger charge is -2.12. The number of thiocarbonyl (C=S) groups is 1. The highest BCUT2D eigenvalue weighted by Crippen LogP contribution is 2.24. The van der Waals surface area contributed by atoms with Crippen molar-refractivity contribution in [2.75, 3.05) is 5.32 Å². The standard InChI is InChI=1S/C19H19N3O2S/c1-11-8-12(2)10-14(9-11)20-19(25)22-21-18(23)17-13(3)15-6-4-5-7-16(15)24-17/h4-10H,1-3H3,(H,21,23)(H2,20,22,25). The van der Waals surface area contributed by atoms with E-state index in [0.717, 1.165) is 27.8 Å². The first kappa shape index (κ1) is 17.0. The number of para-hydroxylation sites is 1. The number of rotatable bonds is 2. The summed E-state index contributed by atoms with van der Waals surface area (Å²) in [4.78, 5) is 12.3. The summed E-state index contributed by atoms with van der Waals surface area (Å²) in [5.74, 6) is -0.110. The van der Waals surface area contributed by atoms with E-state index in [-0.39, 0.29) is 11.7 Å². The highest BCUT2D eigenvalue weighted by atomic mass is 32.1. The number of carbonyl (C=O) groups is 1. The van der Waals surface area contributed by atoms with E-state index >= 15 is 0 Å². The highest BCUT2D eigenvalue weighted by Gasteiger charge is 2.17. The molecular weight excluding hydrogens is 334 g/mol. The lowest BCUT2D eigenvalue weighted by Crippen LogP contribution is -2.43. The average Bonchev–Trinajstić information content (AvgIpc) is 2.89. The number of fused-ring (bicyclic) bond motifs is 1. The van der Waals surface area contributed by atoms with Gasteiger partial charge in [0, 0.05) is 16.6 Å². The maximum Gasteiger partial charge on any atom is 0.305 e. The van der Waals surface area contributed by atoms with Gasteiger partial charge in [-0.1, -0.05) is 24.3 Å². The van der Waals surface area contributed by atoms with Crippen molar-refractivity contribution in [1.82, 2.24) is 10.9 Å². The monoisotopic (exact) mass is 353 g/mol. The van der Waals surface area contributed by atoms with Gasteiger partial charge in [0.2, 0.25) is 0 Å². The van der Waals surface area contributed by atoms with E-state index in [1.807, 2.05) is 57.2 Å². The normalized spacial score (nSPS) is 10.5. The van der Waals surface area contributed by atoms with E-state index in [0.29, 0.717) is 10.7 Å². The van der Waals surface area contributed by atoms with Crippen LogP contribution in [0.15, 0.2) is 46.9 Å². The molecule has 0 aliphatic heterocycles. The average molecular weight is 353 g/mol. The molecule has 0 saturated heterocycles. The third-order valence-electron chi connectivity index (χ3n) is 3.82. The summed E-state index contributed by atoms with van der Waals surface area (Å²) in [6.45, 7) is 5.88. The second kappa shape index (κ2) is 6.94. The molecule has 0 radical (unpaired) electrons. The number of hydrogen-bond acceptors (Lipinski definition) is 3. The van der Waals surface area contributed by atoms with Gasteiger partial charge in [0.1, 0.15) is 5.58 Å². The van der Waals surface area contributed by atoms with Crippen LogP contribution in [0.25, 0.3) is 11.0 Å². The predicted octanol–water partition coefficient (Wildman–Crippen LogP) is 3.99. The number of hydrogen-bond donors (Lipinski definition) is 3. The smallest absolute Gasteiger partial charge is 0.305 e. The summed E-state index contributed by atoms with van der Waals surface area (Å²) in [5.41, 5.74) is 9.87. The Hall–Kier alpha value is -2.86. The molecule has 3 N–H and O–H groups in total. The van der Waals surface area contributed by atoms with Crippen LogP contribution < -0.4 is 16.2 Å². The molecule has 1 heterocycles.